The summed E-state index contributed by atoms with van der Waals surface area (Å²) in [5, 5.41) is 2.55. The zero-order valence-electron chi connectivity index (χ0n) is 15.8. The van der Waals surface area contributed by atoms with Crippen molar-refractivity contribution in [2.75, 3.05) is 45.1 Å². The van der Waals surface area contributed by atoms with E-state index in [1.165, 1.54) is 10.6 Å². The summed E-state index contributed by atoms with van der Waals surface area (Å²) in [6, 6.07) is 12.1. The Morgan fingerprint density at radius 2 is 1.76 bits per heavy atom. The standard InChI is InChI=1S/C19H23N3O6S/c23-18(15-28-16-5-2-1-3-6-16)20-8-14-29(25,26)22-11-9-21(10-12-22)19(24)17-7-4-13-27-17/h1-7,13H,8-12,14-15H2,(H,20,23). The highest BCUT2D eigenvalue weighted by atomic mass is 32.2. The highest BCUT2D eigenvalue weighted by molar-refractivity contribution is 7.89. The van der Waals surface area contributed by atoms with Gasteiger partial charge in [-0.25, -0.2) is 8.42 Å². The number of hydrogen-bond acceptors (Lipinski definition) is 6. The Balaban J connectivity index is 1.38. The molecule has 29 heavy (non-hydrogen) atoms. The minimum Gasteiger partial charge on any atom is -0.484 e. The monoisotopic (exact) mass is 421 g/mol. The minimum absolute atomic E-state index is 0.00907. The van der Waals surface area contributed by atoms with Crippen molar-refractivity contribution in [1.29, 1.82) is 0 Å². The number of rotatable bonds is 8. The Kier molecular flexibility index (Phi) is 6.89. The van der Waals surface area contributed by atoms with E-state index >= 15 is 0 Å². The number of piperazine rings is 1. The van der Waals surface area contributed by atoms with Crippen molar-refractivity contribution in [1.82, 2.24) is 14.5 Å². The molecule has 2 aromatic rings. The third-order valence-corrected chi connectivity index (χ3v) is 6.32. The minimum atomic E-state index is -3.53. The SMILES string of the molecule is O=C(COc1ccccc1)NCCS(=O)(=O)N1CCN(C(=O)c2ccco2)CC1. The molecule has 0 bridgehead atoms. The average molecular weight is 421 g/mol. The van der Waals surface area contributed by atoms with Crippen molar-refractivity contribution in [2.45, 2.75) is 0 Å². The molecule has 1 aliphatic rings. The van der Waals surface area contributed by atoms with Crippen LogP contribution in [0.4, 0.5) is 0 Å². The van der Waals surface area contributed by atoms with Crippen LogP contribution in [0.3, 0.4) is 0 Å². The number of carbonyl (C=O) groups excluding carboxylic acids is 2. The van der Waals surface area contributed by atoms with Crippen LogP contribution in [0.2, 0.25) is 0 Å². The van der Waals surface area contributed by atoms with E-state index in [1.807, 2.05) is 6.07 Å². The maximum Gasteiger partial charge on any atom is 0.289 e. The number of nitrogens with zero attached hydrogens (tertiary/aromatic N) is 2. The van der Waals surface area contributed by atoms with E-state index in [0.29, 0.717) is 5.75 Å². The van der Waals surface area contributed by atoms with E-state index < -0.39 is 15.9 Å². The quantitative estimate of drug-likeness (QED) is 0.667. The number of amides is 2. The zero-order chi connectivity index (χ0) is 20.7. The van der Waals surface area contributed by atoms with Gasteiger partial charge in [-0.1, -0.05) is 18.2 Å². The van der Waals surface area contributed by atoms with E-state index in [1.54, 1.807) is 41.3 Å². The van der Waals surface area contributed by atoms with Crippen LogP contribution in [-0.2, 0) is 14.8 Å². The van der Waals surface area contributed by atoms with E-state index in [9.17, 15) is 18.0 Å². The van der Waals surface area contributed by atoms with Gasteiger partial charge in [-0.05, 0) is 24.3 Å². The first kappa shape index (κ1) is 20.9. The zero-order valence-corrected chi connectivity index (χ0v) is 16.6. The third-order valence-electron chi connectivity index (χ3n) is 4.45. The molecule has 0 atom stereocenters. The molecule has 1 fully saturated rings. The molecule has 2 heterocycles. The maximum atomic E-state index is 12.5. The molecule has 0 aliphatic carbocycles. The number of benzene rings is 1. The first-order chi connectivity index (χ1) is 14.0. The number of para-hydroxylation sites is 1. The molecule has 0 spiro atoms. The van der Waals surface area contributed by atoms with Crippen LogP contribution < -0.4 is 10.1 Å². The van der Waals surface area contributed by atoms with E-state index in [4.69, 9.17) is 9.15 Å². The molecule has 2 amide bonds. The Morgan fingerprint density at radius 3 is 2.41 bits per heavy atom. The normalized spacial score (nSPS) is 15.1. The summed E-state index contributed by atoms with van der Waals surface area (Å²) in [6.45, 7) is 0.800. The van der Waals surface area contributed by atoms with Gasteiger partial charge in [0.25, 0.3) is 11.8 Å². The van der Waals surface area contributed by atoms with E-state index in [0.717, 1.165) is 0 Å². The Morgan fingerprint density at radius 1 is 1.03 bits per heavy atom. The summed E-state index contributed by atoms with van der Waals surface area (Å²) in [4.78, 5) is 25.6. The molecule has 3 rings (SSSR count). The molecule has 1 aromatic carbocycles. The molecule has 9 nitrogen and oxygen atoms in total. The van der Waals surface area contributed by atoms with Gasteiger partial charge in [0.05, 0.1) is 12.0 Å². The van der Waals surface area contributed by atoms with Gasteiger partial charge in [-0.3, -0.25) is 9.59 Å². The first-order valence-corrected chi connectivity index (χ1v) is 10.8. The van der Waals surface area contributed by atoms with Crippen molar-refractivity contribution >= 4 is 21.8 Å². The fourth-order valence-corrected chi connectivity index (χ4v) is 4.23. The van der Waals surface area contributed by atoms with Crippen LogP contribution in [0.1, 0.15) is 10.6 Å². The van der Waals surface area contributed by atoms with Crippen molar-refractivity contribution in [3.63, 3.8) is 0 Å². The summed E-state index contributed by atoms with van der Waals surface area (Å²) in [7, 11) is -3.53. The van der Waals surface area contributed by atoms with Crippen LogP contribution in [0.15, 0.2) is 53.1 Å². The molecular weight excluding hydrogens is 398 g/mol. The van der Waals surface area contributed by atoms with Gasteiger partial charge in [0, 0.05) is 32.7 Å². The first-order valence-electron chi connectivity index (χ1n) is 9.21. The largest absolute Gasteiger partial charge is 0.484 e. The van der Waals surface area contributed by atoms with Gasteiger partial charge in [-0.15, -0.1) is 0 Å². The summed E-state index contributed by atoms with van der Waals surface area (Å²) >= 11 is 0. The van der Waals surface area contributed by atoms with E-state index in [-0.39, 0.29) is 56.8 Å². The smallest absolute Gasteiger partial charge is 0.289 e. The molecule has 1 aliphatic heterocycles. The lowest BCUT2D eigenvalue weighted by molar-refractivity contribution is -0.122. The summed E-state index contributed by atoms with van der Waals surface area (Å²) in [5.74, 6) is -0.0504. The van der Waals surface area contributed by atoms with E-state index in [2.05, 4.69) is 5.32 Å². The predicted molar refractivity (Wildman–Crippen MR) is 105 cm³/mol. The molecule has 1 saturated heterocycles. The van der Waals surface area contributed by atoms with Crippen molar-refractivity contribution in [2.24, 2.45) is 0 Å². The molecular formula is C19H23N3O6S. The molecule has 1 aromatic heterocycles. The highest BCUT2D eigenvalue weighted by Gasteiger charge is 2.29. The number of ether oxygens (including phenoxy) is 1. The summed E-state index contributed by atoms with van der Waals surface area (Å²) < 4.78 is 36.7. The van der Waals surface area contributed by atoms with Crippen LogP contribution in [-0.4, -0.2) is 74.5 Å². The second-order valence-electron chi connectivity index (χ2n) is 6.44. The lowest BCUT2D eigenvalue weighted by Gasteiger charge is -2.33. The lowest BCUT2D eigenvalue weighted by Crippen LogP contribution is -2.51. The number of sulfonamides is 1. The number of furan rings is 1. The maximum absolute atomic E-state index is 12.5. The molecule has 0 saturated carbocycles. The summed E-state index contributed by atoms with van der Waals surface area (Å²) in [6.07, 6.45) is 1.42. The predicted octanol–water partition coefficient (Wildman–Crippen LogP) is 0.562. The summed E-state index contributed by atoms with van der Waals surface area (Å²) in [5.41, 5.74) is 0. The molecule has 10 heteroatoms. The Labute approximate surface area is 169 Å². The van der Waals surface area contributed by atoms with Crippen LogP contribution in [0.25, 0.3) is 0 Å². The molecule has 0 unspecified atom stereocenters. The van der Waals surface area contributed by atoms with Crippen molar-refractivity contribution in [3.8, 4) is 5.75 Å². The van der Waals surface area contributed by atoms with Crippen molar-refractivity contribution < 1.29 is 27.2 Å². The van der Waals surface area contributed by atoms with Crippen molar-refractivity contribution in [3.05, 3.63) is 54.5 Å². The van der Waals surface area contributed by atoms with Gasteiger partial charge in [-0.2, -0.15) is 4.31 Å². The highest BCUT2D eigenvalue weighted by Crippen LogP contribution is 2.12. The third kappa shape index (κ3) is 5.81. The Bertz CT molecular complexity index is 907. The Hall–Kier alpha value is -2.85. The fourth-order valence-electron chi connectivity index (χ4n) is 2.89. The average Bonchev–Trinajstić information content (AvgIpc) is 3.27. The number of nitrogens with one attached hydrogen (secondary N) is 1. The number of hydrogen-bond donors (Lipinski definition) is 1. The molecule has 156 valence electrons. The van der Waals surface area contributed by atoms with Gasteiger partial charge in [0.1, 0.15) is 5.75 Å². The molecule has 1 N–H and O–H groups in total. The fraction of sp³-hybridized carbons (Fsp3) is 0.368. The van der Waals surface area contributed by atoms with Crippen LogP contribution in [0.5, 0.6) is 5.75 Å². The number of carbonyl (C=O) groups is 2. The van der Waals surface area contributed by atoms with Gasteiger partial charge in [0.2, 0.25) is 10.0 Å². The topological polar surface area (TPSA) is 109 Å². The van der Waals surface area contributed by atoms with Crippen LogP contribution >= 0.6 is 0 Å². The van der Waals surface area contributed by atoms with Gasteiger partial charge < -0.3 is 19.4 Å². The second-order valence-corrected chi connectivity index (χ2v) is 8.52. The second kappa shape index (κ2) is 9.57. The van der Waals surface area contributed by atoms with Gasteiger partial charge in [0.15, 0.2) is 12.4 Å². The molecule has 0 radical (unpaired) electrons. The van der Waals surface area contributed by atoms with Crippen LogP contribution in [0, 0.1) is 0 Å². The van der Waals surface area contributed by atoms with Gasteiger partial charge >= 0.3 is 0 Å². The lowest BCUT2D eigenvalue weighted by atomic mass is 10.3.